The van der Waals surface area contributed by atoms with Crippen LogP contribution >= 0.6 is 0 Å². The van der Waals surface area contributed by atoms with Gasteiger partial charge in [0.2, 0.25) is 0 Å². The van der Waals surface area contributed by atoms with Gasteiger partial charge in [0.25, 0.3) is 0 Å². The fraction of sp³-hybridized carbons (Fsp3) is 0.348. The summed E-state index contributed by atoms with van der Waals surface area (Å²) in [6.07, 6.45) is 9.59. The molecule has 2 aromatic heterocycles. The summed E-state index contributed by atoms with van der Waals surface area (Å²) in [7, 11) is 4.94. The van der Waals surface area contributed by atoms with Crippen molar-refractivity contribution in [2.24, 2.45) is 19.8 Å². The molecule has 2 fully saturated rings. The topological polar surface area (TPSA) is 152 Å². The van der Waals surface area contributed by atoms with Crippen molar-refractivity contribution in [2.45, 2.75) is 51.6 Å². The number of halogens is 2. The molecule has 62 heavy (non-hydrogen) atoms. The molecule has 4 aromatic carbocycles. The van der Waals surface area contributed by atoms with E-state index in [9.17, 15) is 28.0 Å². The van der Waals surface area contributed by atoms with E-state index in [0.29, 0.717) is 48.7 Å². The van der Waals surface area contributed by atoms with Gasteiger partial charge in [-0.3, -0.25) is 24.0 Å². The highest BCUT2D eigenvalue weighted by atomic mass is 19.1. The summed E-state index contributed by atoms with van der Waals surface area (Å²) >= 11 is 0. The molecule has 2 aliphatic rings. The Morgan fingerprint density at radius 1 is 0.629 bits per heavy atom. The smallest absolute Gasteiger partial charge is 0.337 e. The van der Waals surface area contributed by atoms with Gasteiger partial charge in [-0.25, -0.2) is 23.2 Å². The predicted octanol–water partition coefficient (Wildman–Crippen LogP) is 7.58. The molecule has 14 nitrogen and oxygen atoms in total. The maximum Gasteiger partial charge on any atom is 0.337 e. The molecule has 0 spiro atoms. The Kier molecular flexibility index (Phi) is 13.6. The first-order valence-electron chi connectivity index (χ1n) is 20.8. The molecule has 0 atom stereocenters. The maximum absolute atomic E-state index is 14.8. The Morgan fingerprint density at radius 2 is 1.06 bits per heavy atom. The monoisotopic (exact) mass is 847 g/mol. The molecule has 0 bridgehead atoms. The zero-order chi connectivity index (χ0) is 43.9. The van der Waals surface area contributed by atoms with Gasteiger partial charge in [-0.2, -0.15) is 10.2 Å². The Morgan fingerprint density at radius 3 is 1.48 bits per heavy atom. The number of fused-ring (bicyclic) bond motifs is 2. The quantitative estimate of drug-likeness (QED) is 0.116. The summed E-state index contributed by atoms with van der Waals surface area (Å²) in [5, 5.41) is 10.5. The minimum atomic E-state index is -0.603. The normalized spacial score (nSPS) is 14.0. The summed E-state index contributed by atoms with van der Waals surface area (Å²) < 4.78 is 37.8. The Balaban J connectivity index is 0.000000186. The molecule has 4 amide bonds. The Hall–Kier alpha value is -6.68. The summed E-state index contributed by atoms with van der Waals surface area (Å²) in [6, 6.07) is 19.5. The van der Waals surface area contributed by atoms with E-state index in [1.165, 1.54) is 25.3 Å². The third kappa shape index (κ3) is 9.60. The van der Waals surface area contributed by atoms with Crippen LogP contribution in [0, 0.1) is 11.6 Å². The van der Waals surface area contributed by atoms with E-state index in [-0.39, 0.29) is 48.6 Å². The molecule has 0 aliphatic carbocycles. The zero-order valence-electron chi connectivity index (χ0n) is 35.2. The highest BCUT2D eigenvalue weighted by Crippen LogP contribution is 2.29. The number of aromatic nitrogens is 4. The second-order valence-electron chi connectivity index (χ2n) is 15.6. The van der Waals surface area contributed by atoms with Crippen LogP contribution in [0.3, 0.4) is 0 Å². The standard InChI is InChI=1S/C23H26FN5O2.C23H25FN4O3/c1-27-21-12-19(8-7-17(21)14-26-27)29(23(31)28-9-3-2-4-10-28)15-18-6-5-16(11-20(18)24)22(30)13-25;1-26-21-13-19(9-8-17(21)14-25-26)28(23(30)27-10-4-3-5-11-27)15-18-7-6-16(12-20(18)24)22(29)31-2/h5-8,11-12,14H,2-4,9-10,13,15,25H2,1H3;6-9,12-14H,3-5,10-11,15H2,1-2H3. The number of anilines is 2. The number of Topliss-reactive ketones (excluding diaryl/α,β-unsaturated/α-hetero) is 1. The van der Waals surface area contributed by atoms with Gasteiger partial charge in [-0.1, -0.05) is 18.2 Å². The van der Waals surface area contributed by atoms with Crippen molar-refractivity contribution in [1.82, 2.24) is 29.4 Å². The third-order valence-electron chi connectivity index (χ3n) is 11.5. The molecule has 0 radical (unpaired) electrons. The molecule has 0 unspecified atom stereocenters. The largest absolute Gasteiger partial charge is 0.465 e. The lowest BCUT2D eigenvalue weighted by atomic mass is 10.1. The van der Waals surface area contributed by atoms with Crippen molar-refractivity contribution < 1.29 is 32.7 Å². The number of likely N-dealkylation sites (tertiary alicyclic amines) is 2. The van der Waals surface area contributed by atoms with Crippen LogP contribution in [0.5, 0.6) is 0 Å². The van der Waals surface area contributed by atoms with Crippen LogP contribution < -0.4 is 15.5 Å². The van der Waals surface area contributed by atoms with Crippen LogP contribution in [0.1, 0.15) is 70.4 Å². The van der Waals surface area contributed by atoms with Crippen molar-refractivity contribution in [3.05, 3.63) is 119 Å². The average molecular weight is 848 g/mol. The average Bonchev–Trinajstić information content (AvgIpc) is 3.88. The van der Waals surface area contributed by atoms with E-state index in [1.807, 2.05) is 60.3 Å². The molecule has 2 N–H and O–H groups in total. The van der Waals surface area contributed by atoms with Crippen molar-refractivity contribution in [3.63, 3.8) is 0 Å². The lowest BCUT2D eigenvalue weighted by Gasteiger charge is -2.33. The summed E-state index contributed by atoms with van der Waals surface area (Å²) in [5.74, 6) is -2.01. The van der Waals surface area contributed by atoms with E-state index in [1.54, 1.807) is 43.7 Å². The minimum absolute atomic E-state index is 0.0476. The van der Waals surface area contributed by atoms with Gasteiger partial charge in [0, 0.05) is 79.1 Å². The number of urea groups is 2. The lowest BCUT2D eigenvalue weighted by molar-refractivity contribution is 0.0600. The van der Waals surface area contributed by atoms with Crippen molar-refractivity contribution in [2.75, 3.05) is 49.6 Å². The Bertz CT molecular complexity index is 2420. The third-order valence-corrected chi connectivity index (χ3v) is 11.5. The summed E-state index contributed by atoms with van der Waals surface area (Å²) in [5.41, 5.74) is 9.52. The zero-order valence-corrected chi connectivity index (χ0v) is 35.2. The highest BCUT2D eigenvalue weighted by molar-refractivity contribution is 5.98. The SMILES string of the molecule is COC(=O)c1ccc(CN(C(=O)N2CCCCC2)c2ccc3cnn(C)c3c2)c(F)c1.Cn1ncc2ccc(N(Cc3ccc(C(=O)CN)cc3F)C(=O)N3CCCCC3)cc21. The van der Waals surface area contributed by atoms with Crippen molar-refractivity contribution in [1.29, 1.82) is 0 Å². The number of carbonyl (C=O) groups is 4. The number of amides is 4. The molecule has 6 aromatic rings. The summed E-state index contributed by atoms with van der Waals surface area (Å²) in [6.45, 7) is 2.68. The number of ketones is 1. The van der Waals surface area contributed by atoms with E-state index in [0.717, 1.165) is 66.4 Å². The van der Waals surface area contributed by atoms with Crippen molar-refractivity contribution >= 4 is 57.0 Å². The van der Waals surface area contributed by atoms with Crippen LogP contribution in [0.2, 0.25) is 0 Å². The number of esters is 1. The van der Waals surface area contributed by atoms with Crippen LogP contribution in [-0.2, 0) is 31.9 Å². The first-order chi connectivity index (χ1) is 29.9. The number of carbonyl (C=O) groups excluding carboxylic acids is 4. The van der Waals surface area contributed by atoms with Gasteiger partial charge >= 0.3 is 18.0 Å². The number of piperidine rings is 2. The number of methoxy groups -OCH3 is 1. The van der Waals surface area contributed by atoms with Crippen LogP contribution in [-0.4, -0.2) is 93.0 Å². The van der Waals surface area contributed by atoms with Crippen LogP contribution in [0.25, 0.3) is 21.8 Å². The number of nitrogens with two attached hydrogens (primary N) is 1. The molecule has 16 heteroatoms. The molecule has 0 saturated carbocycles. The number of nitrogens with zero attached hydrogens (tertiary/aromatic N) is 8. The first-order valence-corrected chi connectivity index (χ1v) is 20.8. The molecule has 324 valence electrons. The number of ether oxygens (including phenoxy) is 1. The molecule has 8 rings (SSSR count). The van der Waals surface area contributed by atoms with Crippen LogP contribution in [0.4, 0.5) is 29.7 Å². The predicted molar refractivity (Wildman–Crippen MR) is 233 cm³/mol. The van der Waals surface area contributed by atoms with Crippen molar-refractivity contribution in [3.8, 4) is 0 Å². The van der Waals surface area contributed by atoms with Gasteiger partial charge in [0.15, 0.2) is 5.78 Å². The highest BCUT2D eigenvalue weighted by Gasteiger charge is 2.27. The summed E-state index contributed by atoms with van der Waals surface area (Å²) in [4.78, 5) is 57.2. The van der Waals surface area contributed by atoms with E-state index < -0.39 is 17.6 Å². The number of rotatable bonds is 9. The number of aryl methyl sites for hydroxylation is 2. The van der Waals surface area contributed by atoms with Gasteiger partial charge in [0.1, 0.15) is 11.6 Å². The molecular formula is C46H51F2N9O5. The van der Waals surface area contributed by atoms with E-state index >= 15 is 0 Å². The first kappa shape index (κ1) is 43.4. The number of benzene rings is 4. The molecule has 2 aliphatic heterocycles. The lowest BCUT2D eigenvalue weighted by Crippen LogP contribution is -2.45. The van der Waals surface area contributed by atoms with Crippen LogP contribution in [0.15, 0.2) is 85.2 Å². The van der Waals surface area contributed by atoms with Gasteiger partial charge < -0.3 is 20.3 Å². The molecule has 2 saturated heterocycles. The molecular weight excluding hydrogens is 797 g/mol. The second kappa shape index (κ2) is 19.4. The van der Waals surface area contributed by atoms with Gasteiger partial charge in [-0.15, -0.1) is 0 Å². The van der Waals surface area contributed by atoms with Gasteiger partial charge in [-0.05, 0) is 93.1 Å². The fourth-order valence-corrected chi connectivity index (χ4v) is 7.88. The minimum Gasteiger partial charge on any atom is -0.465 e. The molecule has 4 heterocycles. The maximum atomic E-state index is 14.8. The Labute approximate surface area is 358 Å². The van der Waals surface area contributed by atoms with Gasteiger partial charge in [0.05, 0.1) is 55.7 Å². The number of hydrogen-bond donors (Lipinski definition) is 1. The fourth-order valence-electron chi connectivity index (χ4n) is 7.88. The second-order valence-corrected chi connectivity index (χ2v) is 15.6. The van der Waals surface area contributed by atoms with E-state index in [2.05, 4.69) is 14.9 Å². The van der Waals surface area contributed by atoms with E-state index in [4.69, 9.17) is 5.73 Å². The number of hydrogen-bond acceptors (Lipinski definition) is 8.